The molecule has 30 heavy (non-hydrogen) atoms. The molecule has 0 spiro atoms. The molecule has 0 saturated heterocycles. The normalized spacial score (nSPS) is 11.8. The number of hydrogen-bond acceptors (Lipinski definition) is 5. The van der Waals surface area contributed by atoms with E-state index in [1.807, 2.05) is 12.1 Å². The molecule has 1 unspecified atom stereocenters. The molecule has 1 atom stereocenters. The molecule has 1 aromatic heterocycles. The summed E-state index contributed by atoms with van der Waals surface area (Å²) in [4.78, 5) is 40.1. The molecule has 3 rings (SSSR count). The van der Waals surface area contributed by atoms with Crippen molar-refractivity contribution < 1.29 is 19.1 Å². The maximum atomic E-state index is 12.7. The van der Waals surface area contributed by atoms with Crippen molar-refractivity contribution in [3.05, 3.63) is 81.1 Å². The van der Waals surface area contributed by atoms with Gasteiger partial charge >= 0.3 is 5.97 Å². The number of benzene rings is 2. The summed E-state index contributed by atoms with van der Waals surface area (Å²) in [5.74, 6) is -1.06. The topological polar surface area (TPSA) is 97.5 Å². The van der Waals surface area contributed by atoms with Gasteiger partial charge in [-0.25, -0.2) is 4.79 Å². The molecule has 2 N–H and O–H groups in total. The van der Waals surface area contributed by atoms with Crippen LogP contribution in [0.1, 0.15) is 15.9 Å². The molecule has 0 aliphatic carbocycles. The summed E-state index contributed by atoms with van der Waals surface area (Å²) >= 11 is 5.87. The summed E-state index contributed by atoms with van der Waals surface area (Å²) in [6, 6.07) is 14.0. The van der Waals surface area contributed by atoms with Crippen molar-refractivity contribution in [1.82, 2.24) is 10.3 Å². The monoisotopic (exact) mass is 428 g/mol. The predicted octanol–water partition coefficient (Wildman–Crippen LogP) is 2.71. The van der Waals surface area contributed by atoms with Crippen molar-refractivity contribution in [3.63, 3.8) is 0 Å². The predicted molar refractivity (Wildman–Crippen MR) is 114 cm³/mol. The maximum absolute atomic E-state index is 12.7. The Hall–Kier alpha value is -3.16. The summed E-state index contributed by atoms with van der Waals surface area (Å²) in [6.07, 6.45) is 0.0928. The minimum Gasteiger partial charge on any atom is -0.462 e. The van der Waals surface area contributed by atoms with Gasteiger partial charge < -0.3 is 19.8 Å². The number of amides is 1. The lowest BCUT2D eigenvalue weighted by molar-refractivity contribution is -0.147. The lowest BCUT2D eigenvalue weighted by Gasteiger charge is -2.19. The van der Waals surface area contributed by atoms with E-state index in [2.05, 4.69) is 10.3 Å². The number of nitrogens with one attached hydrogen (secondary N) is 2. The van der Waals surface area contributed by atoms with Gasteiger partial charge in [-0.05, 0) is 35.9 Å². The van der Waals surface area contributed by atoms with Crippen LogP contribution in [0.3, 0.4) is 0 Å². The van der Waals surface area contributed by atoms with Gasteiger partial charge in [0.2, 0.25) is 5.56 Å². The second-order valence-corrected chi connectivity index (χ2v) is 7.04. The number of para-hydroxylation sites is 1. The number of carbonyl (C=O) groups is 2. The van der Waals surface area contributed by atoms with Gasteiger partial charge in [-0.15, -0.1) is 0 Å². The third kappa shape index (κ3) is 5.46. The Balaban J connectivity index is 1.88. The lowest BCUT2D eigenvalue weighted by Crippen LogP contribution is -2.43. The first-order chi connectivity index (χ1) is 14.5. The molecule has 156 valence electrons. The van der Waals surface area contributed by atoms with E-state index in [4.69, 9.17) is 21.1 Å². The summed E-state index contributed by atoms with van der Waals surface area (Å²) < 4.78 is 10.1. The summed E-state index contributed by atoms with van der Waals surface area (Å²) in [6.45, 7) is 0.288. The third-order valence-electron chi connectivity index (χ3n) is 4.49. The van der Waals surface area contributed by atoms with Crippen LogP contribution in [-0.2, 0) is 20.7 Å². The molecule has 0 aliphatic heterocycles. The van der Waals surface area contributed by atoms with Crippen LogP contribution < -0.4 is 10.9 Å². The molecule has 0 aliphatic rings. The molecule has 1 amide bonds. The van der Waals surface area contributed by atoms with Gasteiger partial charge in [0.05, 0.1) is 6.61 Å². The first-order valence-electron chi connectivity index (χ1n) is 9.31. The Morgan fingerprint density at radius 2 is 1.83 bits per heavy atom. The smallest absolute Gasteiger partial charge is 0.329 e. The average Bonchev–Trinajstić information content (AvgIpc) is 2.73. The number of H-pyrrole nitrogens is 1. The Morgan fingerprint density at radius 1 is 1.10 bits per heavy atom. The SMILES string of the molecule is COCCOC(=O)C(Cc1cc(=O)[nH]c2ccccc12)NC(=O)c1ccc(Cl)cc1. The van der Waals surface area contributed by atoms with Crippen LogP contribution in [0.4, 0.5) is 0 Å². The fourth-order valence-electron chi connectivity index (χ4n) is 3.03. The number of fused-ring (bicyclic) bond motifs is 1. The second-order valence-electron chi connectivity index (χ2n) is 6.60. The fraction of sp³-hybridized carbons (Fsp3) is 0.227. The highest BCUT2D eigenvalue weighted by molar-refractivity contribution is 6.30. The summed E-state index contributed by atoms with van der Waals surface area (Å²) in [7, 11) is 1.50. The zero-order chi connectivity index (χ0) is 21.5. The van der Waals surface area contributed by atoms with Crippen molar-refractivity contribution >= 4 is 34.4 Å². The maximum Gasteiger partial charge on any atom is 0.329 e. The van der Waals surface area contributed by atoms with Gasteiger partial charge in [0.15, 0.2) is 0 Å². The number of hydrogen-bond donors (Lipinski definition) is 2. The van der Waals surface area contributed by atoms with Crippen molar-refractivity contribution in [2.45, 2.75) is 12.5 Å². The zero-order valence-corrected chi connectivity index (χ0v) is 17.1. The van der Waals surface area contributed by atoms with Crippen LogP contribution in [0.5, 0.6) is 0 Å². The van der Waals surface area contributed by atoms with Gasteiger partial charge in [0, 0.05) is 41.1 Å². The minimum atomic E-state index is -0.991. The van der Waals surface area contributed by atoms with E-state index in [1.165, 1.54) is 13.2 Å². The van der Waals surface area contributed by atoms with Crippen molar-refractivity contribution in [2.75, 3.05) is 20.3 Å². The van der Waals surface area contributed by atoms with E-state index in [9.17, 15) is 14.4 Å². The fourth-order valence-corrected chi connectivity index (χ4v) is 3.15. The number of rotatable bonds is 8. The molecular weight excluding hydrogens is 408 g/mol. The highest BCUT2D eigenvalue weighted by atomic mass is 35.5. The quantitative estimate of drug-likeness (QED) is 0.424. The van der Waals surface area contributed by atoms with Crippen LogP contribution in [0.2, 0.25) is 5.02 Å². The van der Waals surface area contributed by atoms with E-state index in [0.29, 0.717) is 21.7 Å². The third-order valence-corrected chi connectivity index (χ3v) is 4.74. The summed E-state index contributed by atoms with van der Waals surface area (Å²) in [5.41, 5.74) is 1.33. The second kappa shape index (κ2) is 10.0. The Morgan fingerprint density at radius 3 is 2.57 bits per heavy atom. The standard InChI is InChI=1S/C22H21ClN2O5/c1-29-10-11-30-22(28)19(25-21(27)14-6-8-16(23)9-7-14)12-15-13-20(26)24-18-5-3-2-4-17(15)18/h2-9,13,19H,10-12H2,1H3,(H,24,26)(H,25,27). The van der Waals surface area contributed by atoms with Crippen LogP contribution in [0.15, 0.2) is 59.4 Å². The van der Waals surface area contributed by atoms with Gasteiger partial charge in [-0.1, -0.05) is 29.8 Å². The molecule has 2 aromatic carbocycles. The molecule has 3 aromatic rings. The molecule has 0 fully saturated rings. The highest BCUT2D eigenvalue weighted by Gasteiger charge is 2.24. The van der Waals surface area contributed by atoms with Crippen LogP contribution >= 0.6 is 11.6 Å². The zero-order valence-electron chi connectivity index (χ0n) is 16.3. The van der Waals surface area contributed by atoms with Crippen molar-refractivity contribution in [1.29, 1.82) is 0 Å². The van der Waals surface area contributed by atoms with E-state index >= 15 is 0 Å². The lowest BCUT2D eigenvalue weighted by atomic mass is 10.0. The Kier molecular flexibility index (Phi) is 7.21. The van der Waals surface area contributed by atoms with Crippen LogP contribution in [-0.4, -0.2) is 43.2 Å². The molecule has 0 bridgehead atoms. The van der Waals surface area contributed by atoms with Crippen molar-refractivity contribution in [2.24, 2.45) is 0 Å². The first kappa shape index (κ1) is 21.5. The number of carbonyl (C=O) groups excluding carboxylic acids is 2. The van der Waals surface area contributed by atoms with Crippen LogP contribution in [0, 0.1) is 0 Å². The van der Waals surface area contributed by atoms with E-state index in [1.54, 1.807) is 36.4 Å². The first-order valence-corrected chi connectivity index (χ1v) is 9.68. The Bertz CT molecular complexity index is 1090. The van der Waals surface area contributed by atoms with Gasteiger partial charge in [0.25, 0.3) is 5.91 Å². The molecule has 0 radical (unpaired) electrons. The van der Waals surface area contributed by atoms with Gasteiger partial charge in [-0.2, -0.15) is 0 Å². The highest BCUT2D eigenvalue weighted by Crippen LogP contribution is 2.17. The number of halogens is 1. The molecule has 7 nitrogen and oxygen atoms in total. The number of ether oxygens (including phenoxy) is 2. The number of aromatic amines is 1. The van der Waals surface area contributed by atoms with E-state index < -0.39 is 17.9 Å². The van der Waals surface area contributed by atoms with Crippen molar-refractivity contribution in [3.8, 4) is 0 Å². The number of aromatic nitrogens is 1. The van der Waals surface area contributed by atoms with E-state index in [0.717, 1.165) is 5.39 Å². The number of methoxy groups -OCH3 is 1. The van der Waals surface area contributed by atoms with Gasteiger partial charge in [0.1, 0.15) is 12.6 Å². The van der Waals surface area contributed by atoms with E-state index in [-0.39, 0.29) is 25.2 Å². The average molecular weight is 429 g/mol. The Labute approximate surface area is 178 Å². The largest absolute Gasteiger partial charge is 0.462 e. The summed E-state index contributed by atoms with van der Waals surface area (Å²) in [5, 5.41) is 3.98. The molecular formula is C22H21ClN2O5. The molecule has 8 heteroatoms. The number of pyridine rings is 1. The molecule has 1 heterocycles. The van der Waals surface area contributed by atoms with Crippen LogP contribution in [0.25, 0.3) is 10.9 Å². The van der Waals surface area contributed by atoms with Gasteiger partial charge in [-0.3, -0.25) is 9.59 Å². The number of esters is 1. The molecule has 0 saturated carbocycles. The minimum absolute atomic E-state index is 0.0543.